The molecule has 0 fully saturated rings. The number of carbonyl (C=O) groups excluding carboxylic acids is 1. The second-order valence-corrected chi connectivity index (χ2v) is 7.09. The molecule has 30 heavy (non-hydrogen) atoms. The number of rotatable bonds is 5. The van der Waals surface area contributed by atoms with Crippen LogP contribution in [0.5, 0.6) is 0 Å². The van der Waals surface area contributed by atoms with Crippen LogP contribution in [0.1, 0.15) is 27.3 Å². The normalized spacial score (nSPS) is 11.1. The van der Waals surface area contributed by atoms with Crippen molar-refractivity contribution in [2.24, 2.45) is 5.10 Å². The number of hydrazone groups is 1. The van der Waals surface area contributed by atoms with E-state index in [-0.39, 0.29) is 12.5 Å². The van der Waals surface area contributed by atoms with Crippen LogP contribution in [0.3, 0.4) is 0 Å². The Morgan fingerprint density at radius 3 is 2.63 bits per heavy atom. The lowest BCUT2D eigenvalue weighted by molar-refractivity contribution is 0.0955. The molecule has 6 nitrogen and oxygen atoms in total. The highest BCUT2D eigenvalue weighted by Crippen LogP contribution is 2.20. The van der Waals surface area contributed by atoms with Gasteiger partial charge in [0, 0.05) is 45.3 Å². The highest BCUT2D eigenvalue weighted by atomic mass is 16.2. The van der Waals surface area contributed by atoms with Crippen molar-refractivity contribution in [1.82, 2.24) is 14.6 Å². The molecule has 148 valence electrons. The molecule has 2 aromatic heterocycles. The zero-order chi connectivity index (χ0) is 21.1. The monoisotopic (exact) mass is 395 g/mol. The number of fused-ring (bicyclic) bond motifs is 1. The van der Waals surface area contributed by atoms with Crippen molar-refractivity contribution in [2.75, 3.05) is 0 Å². The molecule has 1 amide bonds. The van der Waals surface area contributed by atoms with Gasteiger partial charge in [-0.25, -0.2) is 5.43 Å². The van der Waals surface area contributed by atoms with Gasteiger partial charge in [0.05, 0.1) is 12.3 Å². The average molecular weight is 395 g/mol. The van der Waals surface area contributed by atoms with Crippen molar-refractivity contribution < 1.29 is 4.79 Å². The summed E-state index contributed by atoms with van der Waals surface area (Å²) in [6, 6.07) is 21.5. The van der Waals surface area contributed by atoms with E-state index in [4.69, 9.17) is 5.26 Å². The first kappa shape index (κ1) is 19.2. The van der Waals surface area contributed by atoms with E-state index < -0.39 is 0 Å². The predicted octanol–water partition coefficient (Wildman–Crippen LogP) is 4.34. The number of amides is 1. The van der Waals surface area contributed by atoms with E-state index >= 15 is 0 Å². The minimum atomic E-state index is -0.281. The Morgan fingerprint density at radius 2 is 1.87 bits per heavy atom. The molecule has 6 heteroatoms. The standard InChI is InChI=1S/C24H21N5O/c1-17-10-11-18(2)29(17)21-7-5-6-19(14-21)24(30)27-26-15-20-16-28(13-12-25)23-9-4-3-8-22(20)23/h3-11,14-16H,13H2,1-2H3,(H,27,30)/b26-15-. The van der Waals surface area contributed by atoms with E-state index in [1.807, 2.05) is 67.1 Å². The molecular weight excluding hydrogens is 374 g/mol. The van der Waals surface area contributed by atoms with Gasteiger partial charge in [-0.15, -0.1) is 0 Å². The molecule has 0 unspecified atom stereocenters. The first-order valence-corrected chi connectivity index (χ1v) is 9.62. The second kappa shape index (κ2) is 8.10. The van der Waals surface area contributed by atoms with E-state index in [0.29, 0.717) is 5.56 Å². The predicted molar refractivity (Wildman–Crippen MR) is 118 cm³/mol. The fraction of sp³-hybridized carbons (Fsp3) is 0.125. The number of nitrogens with zero attached hydrogens (tertiary/aromatic N) is 4. The molecule has 2 heterocycles. The van der Waals surface area contributed by atoms with Crippen LogP contribution in [0.15, 0.2) is 72.0 Å². The highest BCUT2D eigenvalue weighted by Gasteiger charge is 2.09. The maximum atomic E-state index is 12.6. The van der Waals surface area contributed by atoms with Crippen LogP contribution in [0, 0.1) is 25.2 Å². The van der Waals surface area contributed by atoms with E-state index in [1.54, 1.807) is 12.3 Å². The fourth-order valence-corrected chi connectivity index (χ4v) is 3.67. The molecule has 0 spiro atoms. The van der Waals surface area contributed by atoms with E-state index in [0.717, 1.165) is 33.5 Å². The minimum absolute atomic E-state index is 0.256. The van der Waals surface area contributed by atoms with Crippen LogP contribution in [0.4, 0.5) is 0 Å². The van der Waals surface area contributed by atoms with Crippen LogP contribution in [0.2, 0.25) is 0 Å². The second-order valence-electron chi connectivity index (χ2n) is 7.09. The molecule has 4 aromatic rings. The molecule has 4 rings (SSSR count). The number of hydrogen-bond acceptors (Lipinski definition) is 3. The Morgan fingerprint density at radius 1 is 1.10 bits per heavy atom. The molecule has 0 aliphatic rings. The van der Waals surface area contributed by atoms with Crippen LogP contribution in [-0.4, -0.2) is 21.3 Å². The smallest absolute Gasteiger partial charge is 0.271 e. The summed E-state index contributed by atoms with van der Waals surface area (Å²) >= 11 is 0. The third-order valence-electron chi connectivity index (χ3n) is 5.07. The summed E-state index contributed by atoms with van der Waals surface area (Å²) in [5.74, 6) is -0.281. The molecule has 0 aliphatic heterocycles. The van der Waals surface area contributed by atoms with Gasteiger partial charge in [0.15, 0.2) is 0 Å². The van der Waals surface area contributed by atoms with Gasteiger partial charge >= 0.3 is 0 Å². The summed E-state index contributed by atoms with van der Waals surface area (Å²) < 4.78 is 3.97. The first-order valence-electron chi connectivity index (χ1n) is 9.62. The summed E-state index contributed by atoms with van der Waals surface area (Å²) in [5, 5.41) is 14.1. The van der Waals surface area contributed by atoms with Gasteiger partial charge in [0.1, 0.15) is 6.54 Å². The van der Waals surface area contributed by atoms with Crippen LogP contribution >= 0.6 is 0 Å². The van der Waals surface area contributed by atoms with Crippen molar-refractivity contribution in [3.05, 3.63) is 89.4 Å². The number of nitrogens with one attached hydrogen (secondary N) is 1. The fourth-order valence-electron chi connectivity index (χ4n) is 3.67. The van der Waals surface area contributed by atoms with Crippen molar-refractivity contribution >= 4 is 23.0 Å². The summed E-state index contributed by atoms with van der Waals surface area (Å²) in [6.45, 7) is 4.32. The minimum Gasteiger partial charge on any atom is -0.333 e. The topological polar surface area (TPSA) is 75.1 Å². The van der Waals surface area contributed by atoms with E-state index in [9.17, 15) is 4.79 Å². The highest BCUT2D eigenvalue weighted by molar-refractivity contribution is 6.00. The number of benzene rings is 2. The Bertz CT molecular complexity index is 1280. The molecule has 0 saturated heterocycles. The zero-order valence-corrected chi connectivity index (χ0v) is 16.8. The van der Waals surface area contributed by atoms with Gasteiger partial charge in [0.2, 0.25) is 0 Å². The van der Waals surface area contributed by atoms with E-state index in [1.165, 1.54) is 0 Å². The third kappa shape index (κ3) is 3.61. The molecule has 0 radical (unpaired) electrons. The van der Waals surface area contributed by atoms with Gasteiger partial charge in [-0.05, 0) is 50.2 Å². The quantitative estimate of drug-likeness (QED) is 0.403. The molecule has 2 aromatic carbocycles. The Hall–Kier alpha value is -4.11. The number of para-hydroxylation sites is 1. The lowest BCUT2D eigenvalue weighted by atomic mass is 10.2. The summed E-state index contributed by atoms with van der Waals surface area (Å²) in [6.07, 6.45) is 3.47. The maximum Gasteiger partial charge on any atom is 0.271 e. The van der Waals surface area contributed by atoms with Crippen LogP contribution in [-0.2, 0) is 6.54 Å². The first-order chi connectivity index (χ1) is 14.6. The van der Waals surface area contributed by atoms with Crippen molar-refractivity contribution in [3.63, 3.8) is 0 Å². The SMILES string of the molecule is Cc1ccc(C)n1-c1cccc(C(=O)N/N=C\c2cn(CC#N)c3ccccc23)c1. The van der Waals surface area contributed by atoms with Gasteiger partial charge in [0.25, 0.3) is 5.91 Å². The van der Waals surface area contributed by atoms with E-state index in [2.05, 4.69) is 33.3 Å². The summed E-state index contributed by atoms with van der Waals surface area (Å²) in [7, 11) is 0. The average Bonchev–Trinajstić information content (AvgIpc) is 3.28. The largest absolute Gasteiger partial charge is 0.333 e. The Labute approximate surface area is 174 Å². The maximum absolute atomic E-state index is 12.6. The van der Waals surface area contributed by atoms with Crippen LogP contribution < -0.4 is 5.43 Å². The third-order valence-corrected chi connectivity index (χ3v) is 5.07. The zero-order valence-electron chi connectivity index (χ0n) is 16.8. The Kier molecular flexibility index (Phi) is 5.19. The lowest BCUT2D eigenvalue weighted by Gasteiger charge is -2.10. The van der Waals surface area contributed by atoms with Gasteiger partial charge in [-0.2, -0.15) is 10.4 Å². The lowest BCUT2D eigenvalue weighted by Crippen LogP contribution is -2.18. The molecule has 1 N–H and O–H groups in total. The molecule has 0 aliphatic carbocycles. The van der Waals surface area contributed by atoms with Gasteiger partial charge in [-0.1, -0.05) is 24.3 Å². The van der Waals surface area contributed by atoms with Crippen LogP contribution in [0.25, 0.3) is 16.6 Å². The van der Waals surface area contributed by atoms with Crippen molar-refractivity contribution in [3.8, 4) is 11.8 Å². The number of nitriles is 1. The number of aryl methyl sites for hydroxylation is 2. The Balaban J connectivity index is 1.55. The number of carbonyl (C=O) groups is 1. The molecule has 0 atom stereocenters. The summed E-state index contributed by atoms with van der Waals surface area (Å²) in [5.41, 5.74) is 8.08. The number of aromatic nitrogens is 2. The van der Waals surface area contributed by atoms with Gasteiger partial charge < -0.3 is 9.13 Å². The molecular formula is C24H21N5O. The van der Waals surface area contributed by atoms with Crippen molar-refractivity contribution in [2.45, 2.75) is 20.4 Å². The summed E-state index contributed by atoms with van der Waals surface area (Å²) in [4.78, 5) is 12.6. The number of hydrogen-bond donors (Lipinski definition) is 1. The molecule has 0 saturated carbocycles. The molecule has 0 bridgehead atoms. The van der Waals surface area contributed by atoms with Gasteiger partial charge in [-0.3, -0.25) is 4.79 Å². The van der Waals surface area contributed by atoms with Crippen molar-refractivity contribution in [1.29, 1.82) is 5.26 Å².